The number of nitro benzene ring substituents is 1. The van der Waals surface area contributed by atoms with Gasteiger partial charge in [0.05, 0.1) is 17.6 Å². The van der Waals surface area contributed by atoms with Crippen LogP contribution >= 0.6 is 0 Å². The number of amides is 2. The summed E-state index contributed by atoms with van der Waals surface area (Å²) >= 11 is 0. The number of carbonyl (C=O) groups is 2. The van der Waals surface area contributed by atoms with Gasteiger partial charge in [-0.1, -0.05) is 12.1 Å². The molecule has 2 amide bonds. The van der Waals surface area contributed by atoms with E-state index in [-0.39, 0.29) is 33.9 Å². The molecule has 8 nitrogen and oxygen atoms in total. The van der Waals surface area contributed by atoms with Crippen LogP contribution in [0.5, 0.6) is 5.75 Å². The zero-order chi connectivity index (χ0) is 24.2. The van der Waals surface area contributed by atoms with Gasteiger partial charge < -0.3 is 15.4 Å². The normalized spacial score (nSPS) is 10.9. The Morgan fingerprint density at radius 3 is 2.03 bits per heavy atom. The Morgan fingerprint density at radius 1 is 0.879 bits per heavy atom. The van der Waals surface area contributed by atoms with Crippen molar-refractivity contribution in [2.24, 2.45) is 0 Å². The molecule has 0 saturated heterocycles. The van der Waals surface area contributed by atoms with Crippen molar-refractivity contribution in [3.63, 3.8) is 0 Å². The van der Waals surface area contributed by atoms with Crippen LogP contribution in [-0.4, -0.2) is 23.8 Å². The second-order valence-electron chi connectivity index (χ2n) is 6.71. The van der Waals surface area contributed by atoms with E-state index in [9.17, 15) is 32.9 Å². The van der Waals surface area contributed by atoms with Crippen LogP contribution in [0.2, 0.25) is 0 Å². The van der Waals surface area contributed by atoms with Crippen LogP contribution in [0.1, 0.15) is 26.3 Å². The zero-order valence-electron chi connectivity index (χ0n) is 17.0. The van der Waals surface area contributed by atoms with Crippen LogP contribution in [0.4, 0.5) is 30.2 Å². The van der Waals surface area contributed by atoms with Crippen molar-refractivity contribution in [2.45, 2.75) is 6.18 Å². The fourth-order valence-electron chi connectivity index (χ4n) is 2.89. The Hall–Kier alpha value is -4.41. The lowest BCUT2D eigenvalue weighted by molar-refractivity contribution is -0.385. The molecular formula is C22H16F3N3O5. The molecule has 0 spiro atoms. The van der Waals surface area contributed by atoms with E-state index in [2.05, 4.69) is 10.6 Å². The minimum atomic E-state index is -4.55. The third-order valence-electron chi connectivity index (χ3n) is 4.47. The average Bonchev–Trinajstić information content (AvgIpc) is 2.78. The minimum absolute atomic E-state index is 0.00943. The molecule has 170 valence electrons. The highest BCUT2D eigenvalue weighted by Crippen LogP contribution is 2.31. The quantitative estimate of drug-likeness (QED) is 0.392. The Balaban J connectivity index is 1.76. The summed E-state index contributed by atoms with van der Waals surface area (Å²) in [4.78, 5) is 35.5. The molecule has 0 aliphatic carbocycles. The summed E-state index contributed by atoms with van der Waals surface area (Å²) in [7, 11) is 1.26. The molecule has 0 unspecified atom stereocenters. The largest absolute Gasteiger partial charge is 0.490 e. The third kappa shape index (κ3) is 5.64. The Labute approximate surface area is 185 Å². The number of nitro groups is 1. The van der Waals surface area contributed by atoms with Crippen LogP contribution in [0.25, 0.3) is 0 Å². The first-order valence-electron chi connectivity index (χ1n) is 9.31. The van der Waals surface area contributed by atoms with E-state index in [1.165, 1.54) is 55.6 Å². The molecule has 3 rings (SSSR count). The van der Waals surface area contributed by atoms with Crippen LogP contribution in [0, 0.1) is 10.1 Å². The van der Waals surface area contributed by atoms with Gasteiger partial charge in [-0.15, -0.1) is 0 Å². The predicted molar refractivity (Wildman–Crippen MR) is 113 cm³/mol. The number of methoxy groups -OCH3 is 1. The number of ether oxygens (including phenoxy) is 1. The Morgan fingerprint density at radius 2 is 1.45 bits per heavy atom. The number of nitrogens with zero attached hydrogens (tertiary/aromatic N) is 1. The fourth-order valence-corrected chi connectivity index (χ4v) is 2.89. The van der Waals surface area contributed by atoms with Crippen LogP contribution in [0.3, 0.4) is 0 Å². The first-order chi connectivity index (χ1) is 15.6. The second kappa shape index (κ2) is 9.39. The molecule has 0 aromatic heterocycles. The van der Waals surface area contributed by atoms with Crippen molar-refractivity contribution in [1.82, 2.24) is 0 Å². The number of halogens is 3. The highest BCUT2D eigenvalue weighted by Gasteiger charge is 2.30. The van der Waals surface area contributed by atoms with Gasteiger partial charge in [-0.3, -0.25) is 19.7 Å². The summed E-state index contributed by atoms with van der Waals surface area (Å²) in [6, 6.07) is 13.5. The molecule has 0 aliphatic rings. The number of alkyl halides is 3. The number of hydrogen-bond donors (Lipinski definition) is 2. The molecule has 0 aliphatic heterocycles. The summed E-state index contributed by atoms with van der Waals surface area (Å²) in [5, 5.41) is 16.0. The Kier molecular flexibility index (Phi) is 6.61. The first-order valence-corrected chi connectivity index (χ1v) is 9.31. The smallest absolute Gasteiger partial charge is 0.416 e. The lowest BCUT2D eigenvalue weighted by Crippen LogP contribution is -2.15. The van der Waals surface area contributed by atoms with Crippen molar-refractivity contribution in [3.8, 4) is 5.75 Å². The van der Waals surface area contributed by atoms with E-state index >= 15 is 0 Å². The van der Waals surface area contributed by atoms with Crippen molar-refractivity contribution in [3.05, 3.63) is 93.5 Å². The summed E-state index contributed by atoms with van der Waals surface area (Å²) in [6.45, 7) is 0. The van der Waals surface area contributed by atoms with Crippen molar-refractivity contribution < 1.29 is 32.4 Å². The zero-order valence-corrected chi connectivity index (χ0v) is 17.0. The maximum Gasteiger partial charge on any atom is 0.416 e. The molecule has 11 heteroatoms. The minimum Gasteiger partial charge on any atom is -0.490 e. The number of anilines is 2. The number of rotatable bonds is 6. The Bertz CT molecular complexity index is 1230. The van der Waals surface area contributed by atoms with Gasteiger partial charge in [0.15, 0.2) is 5.75 Å². The molecule has 33 heavy (non-hydrogen) atoms. The van der Waals surface area contributed by atoms with E-state index in [1.54, 1.807) is 0 Å². The van der Waals surface area contributed by atoms with Gasteiger partial charge in [-0.05, 0) is 48.5 Å². The van der Waals surface area contributed by atoms with Gasteiger partial charge in [0.25, 0.3) is 11.8 Å². The standard InChI is InChI=1S/C22H16F3N3O5/c1-33-19-9-8-14(11-18(19)28(31)32)21(30)26-16-6-2-4-13(10-16)20(29)27-17-7-3-5-15(12-17)22(23,24)25/h2-12H,1H3,(H,26,30)(H,27,29). The van der Waals surface area contributed by atoms with Crippen molar-refractivity contribution in [1.29, 1.82) is 0 Å². The topological polar surface area (TPSA) is 111 Å². The van der Waals surface area contributed by atoms with Gasteiger partial charge in [0, 0.05) is 28.6 Å². The van der Waals surface area contributed by atoms with E-state index in [0.717, 1.165) is 18.2 Å². The molecule has 0 atom stereocenters. The molecule has 0 fully saturated rings. The lowest BCUT2D eigenvalue weighted by Gasteiger charge is -2.11. The maximum absolute atomic E-state index is 12.9. The van der Waals surface area contributed by atoms with Gasteiger partial charge in [0.2, 0.25) is 0 Å². The highest BCUT2D eigenvalue weighted by molar-refractivity contribution is 6.07. The molecule has 0 heterocycles. The summed E-state index contributed by atoms with van der Waals surface area (Å²) in [5.74, 6) is -1.37. The van der Waals surface area contributed by atoms with Crippen LogP contribution < -0.4 is 15.4 Å². The number of carbonyl (C=O) groups excluding carboxylic acids is 2. The monoisotopic (exact) mass is 459 g/mol. The van der Waals surface area contributed by atoms with Crippen molar-refractivity contribution in [2.75, 3.05) is 17.7 Å². The summed E-state index contributed by atoms with van der Waals surface area (Å²) in [5.41, 5.74) is -1.08. The van der Waals surface area contributed by atoms with E-state index in [4.69, 9.17) is 4.74 Å². The SMILES string of the molecule is COc1ccc(C(=O)Nc2cccc(C(=O)Nc3cccc(C(F)(F)F)c3)c2)cc1[N+](=O)[O-]. The molecule has 0 bridgehead atoms. The first kappa shape index (κ1) is 23.3. The highest BCUT2D eigenvalue weighted by atomic mass is 19.4. The number of hydrogen-bond acceptors (Lipinski definition) is 5. The average molecular weight is 459 g/mol. The number of benzene rings is 3. The van der Waals surface area contributed by atoms with Crippen LogP contribution in [-0.2, 0) is 6.18 Å². The van der Waals surface area contributed by atoms with Crippen molar-refractivity contribution >= 4 is 28.9 Å². The third-order valence-corrected chi connectivity index (χ3v) is 4.47. The van der Waals surface area contributed by atoms with Gasteiger partial charge in [-0.2, -0.15) is 13.2 Å². The summed E-state index contributed by atoms with van der Waals surface area (Å²) < 4.78 is 43.5. The molecule has 2 N–H and O–H groups in total. The van der Waals surface area contributed by atoms with E-state index in [1.807, 2.05) is 0 Å². The maximum atomic E-state index is 12.9. The fraction of sp³-hybridized carbons (Fsp3) is 0.0909. The molecular weight excluding hydrogens is 443 g/mol. The number of nitrogens with one attached hydrogen (secondary N) is 2. The lowest BCUT2D eigenvalue weighted by atomic mass is 10.1. The van der Waals surface area contributed by atoms with Gasteiger partial charge in [0.1, 0.15) is 0 Å². The van der Waals surface area contributed by atoms with Crippen LogP contribution in [0.15, 0.2) is 66.7 Å². The summed E-state index contributed by atoms with van der Waals surface area (Å²) in [6.07, 6.45) is -4.55. The predicted octanol–water partition coefficient (Wildman–Crippen LogP) is 5.13. The molecule has 0 saturated carbocycles. The second-order valence-corrected chi connectivity index (χ2v) is 6.71. The van der Waals surface area contributed by atoms with E-state index in [0.29, 0.717) is 0 Å². The molecule has 3 aromatic carbocycles. The van der Waals surface area contributed by atoms with Gasteiger partial charge >= 0.3 is 11.9 Å². The molecule has 3 aromatic rings. The van der Waals surface area contributed by atoms with Gasteiger partial charge in [-0.25, -0.2) is 0 Å². The van der Waals surface area contributed by atoms with E-state index < -0.39 is 28.5 Å². The molecule has 0 radical (unpaired) electrons.